The minimum absolute atomic E-state index is 0.0127. The molecule has 5 N–H and O–H groups in total. The summed E-state index contributed by atoms with van der Waals surface area (Å²) in [5.74, 6) is -1.24. The summed E-state index contributed by atoms with van der Waals surface area (Å²) in [4.78, 5) is 26.2. The first kappa shape index (κ1) is 24.6. The van der Waals surface area contributed by atoms with Gasteiger partial charge < -0.3 is 16.6 Å². The fraction of sp³-hybridized carbons (Fsp3) is 0.115. The standard InChI is InChI=1S/C26H22F2N8O2/c1-14(15-8-10-17(27)11-9-15)35(26(37)38)22-23(29)32-25(33-24(22)30)36-20-7-4-12-31-21(20)19(34-36)13-16-5-2-3-6-18(16)28/h2-12,14H,13H2,1H3,(H,37,38)(H4,29,30,32,33). The quantitative estimate of drug-likeness (QED) is 0.299. The molecule has 10 nitrogen and oxygen atoms in total. The molecular formula is C26H22F2N8O2. The number of pyridine rings is 1. The third kappa shape index (κ3) is 4.43. The number of anilines is 3. The number of hydrogen-bond acceptors (Lipinski definition) is 7. The lowest BCUT2D eigenvalue weighted by Gasteiger charge is -2.28. The van der Waals surface area contributed by atoms with Crippen molar-refractivity contribution in [1.29, 1.82) is 0 Å². The molecule has 5 rings (SSSR count). The Morgan fingerprint density at radius 1 is 1.03 bits per heavy atom. The van der Waals surface area contributed by atoms with E-state index in [1.165, 1.54) is 35.0 Å². The molecule has 0 spiro atoms. The largest absolute Gasteiger partial charge is 0.465 e. The predicted octanol–water partition coefficient (Wildman–Crippen LogP) is 4.49. The smallest absolute Gasteiger partial charge is 0.412 e. The fourth-order valence-corrected chi connectivity index (χ4v) is 4.27. The van der Waals surface area contributed by atoms with Crippen LogP contribution in [0.4, 0.5) is 30.9 Å². The summed E-state index contributed by atoms with van der Waals surface area (Å²) in [6, 6.07) is 14.4. The van der Waals surface area contributed by atoms with E-state index >= 15 is 0 Å². The van der Waals surface area contributed by atoms with Crippen LogP contribution < -0.4 is 16.4 Å². The van der Waals surface area contributed by atoms with Crippen LogP contribution in [-0.2, 0) is 6.42 Å². The average molecular weight is 517 g/mol. The zero-order valence-electron chi connectivity index (χ0n) is 20.1. The molecular weight excluding hydrogens is 494 g/mol. The number of amides is 1. The van der Waals surface area contributed by atoms with E-state index in [0.717, 1.165) is 4.90 Å². The first-order valence-corrected chi connectivity index (χ1v) is 11.5. The van der Waals surface area contributed by atoms with Gasteiger partial charge in [-0.25, -0.2) is 13.6 Å². The Kier molecular flexibility index (Phi) is 6.29. The average Bonchev–Trinajstić information content (AvgIpc) is 3.26. The van der Waals surface area contributed by atoms with Crippen LogP contribution in [0.25, 0.3) is 17.0 Å². The van der Waals surface area contributed by atoms with Crippen LogP contribution in [-0.4, -0.2) is 35.9 Å². The van der Waals surface area contributed by atoms with Gasteiger partial charge in [-0.15, -0.1) is 0 Å². The van der Waals surface area contributed by atoms with E-state index in [4.69, 9.17) is 11.5 Å². The van der Waals surface area contributed by atoms with E-state index in [0.29, 0.717) is 27.9 Å². The summed E-state index contributed by atoms with van der Waals surface area (Å²) >= 11 is 0. The number of hydrogen-bond donors (Lipinski definition) is 3. The van der Waals surface area contributed by atoms with E-state index < -0.39 is 18.0 Å². The Hall–Kier alpha value is -5.13. The van der Waals surface area contributed by atoms with Crippen molar-refractivity contribution >= 4 is 34.4 Å². The van der Waals surface area contributed by atoms with Gasteiger partial charge in [-0.05, 0) is 48.4 Å². The molecule has 3 aromatic heterocycles. The first-order valence-electron chi connectivity index (χ1n) is 11.5. The van der Waals surface area contributed by atoms with Crippen LogP contribution in [0, 0.1) is 11.6 Å². The number of halogens is 2. The van der Waals surface area contributed by atoms with Gasteiger partial charge in [0, 0.05) is 12.6 Å². The number of aromatic nitrogens is 5. The summed E-state index contributed by atoms with van der Waals surface area (Å²) in [5.41, 5.74) is 14.8. The van der Waals surface area contributed by atoms with Gasteiger partial charge in [0.1, 0.15) is 22.8 Å². The molecule has 192 valence electrons. The van der Waals surface area contributed by atoms with Crippen molar-refractivity contribution in [2.75, 3.05) is 16.4 Å². The number of nitrogen functional groups attached to an aromatic ring is 2. The lowest BCUT2D eigenvalue weighted by Crippen LogP contribution is -2.34. The van der Waals surface area contributed by atoms with E-state index in [9.17, 15) is 18.7 Å². The van der Waals surface area contributed by atoms with Crippen LogP contribution in [0.5, 0.6) is 0 Å². The zero-order chi connectivity index (χ0) is 27.0. The Morgan fingerprint density at radius 3 is 2.37 bits per heavy atom. The van der Waals surface area contributed by atoms with Gasteiger partial charge in [-0.3, -0.25) is 9.88 Å². The lowest BCUT2D eigenvalue weighted by molar-refractivity contribution is 0.199. The van der Waals surface area contributed by atoms with Crippen LogP contribution in [0.2, 0.25) is 0 Å². The molecule has 2 aromatic carbocycles. The summed E-state index contributed by atoms with van der Waals surface area (Å²) in [7, 11) is 0. The fourth-order valence-electron chi connectivity index (χ4n) is 4.27. The molecule has 3 heterocycles. The zero-order valence-corrected chi connectivity index (χ0v) is 20.1. The van der Waals surface area contributed by atoms with Gasteiger partial charge in [0.05, 0.1) is 17.3 Å². The van der Waals surface area contributed by atoms with Gasteiger partial charge in [-0.1, -0.05) is 30.3 Å². The maximum absolute atomic E-state index is 14.3. The van der Waals surface area contributed by atoms with Crippen molar-refractivity contribution in [3.63, 3.8) is 0 Å². The Bertz CT molecular complexity index is 1630. The minimum atomic E-state index is -1.35. The predicted molar refractivity (Wildman–Crippen MR) is 138 cm³/mol. The first-order chi connectivity index (χ1) is 18.2. The summed E-state index contributed by atoms with van der Waals surface area (Å²) in [6.45, 7) is 1.61. The van der Waals surface area contributed by atoms with Gasteiger partial charge in [-0.2, -0.15) is 19.7 Å². The molecule has 0 radical (unpaired) electrons. The SMILES string of the molecule is CC(c1ccc(F)cc1)N(C(=O)O)c1c(N)nc(-n2nc(Cc3ccccc3F)c3ncccc32)nc1N. The van der Waals surface area contributed by atoms with Crippen molar-refractivity contribution in [3.05, 3.63) is 95.3 Å². The van der Waals surface area contributed by atoms with Crippen molar-refractivity contribution in [2.45, 2.75) is 19.4 Å². The normalized spacial score (nSPS) is 12.0. The van der Waals surface area contributed by atoms with Crippen molar-refractivity contribution < 1.29 is 18.7 Å². The Labute approximate surface area is 215 Å². The molecule has 0 aliphatic carbocycles. The second-order valence-electron chi connectivity index (χ2n) is 8.52. The van der Waals surface area contributed by atoms with Crippen LogP contribution in [0.1, 0.15) is 29.8 Å². The number of nitrogens with zero attached hydrogens (tertiary/aromatic N) is 6. The molecule has 1 atom stereocenters. The Balaban J connectivity index is 1.58. The van der Waals surface area contributed by atoms with Gasteiger partial charge >= 0.3 is 6.09 Å². The number of nitrogens with two attached hydrogens (primary N) is 2. The molecule has 0 fully saturated rings. The maximum Gasteiger partial charge on any atom is 0.412 e. The monoisotopic (exact) mass is 516 g/mol. The van der Waals surface area contributed by atoms with Crippen molar-refractivity contribution in [3.8, 4) is 5.95 Å². The summed E-state index contributed by atoms with van der Waals surface area (Å²) in [6.07, 6.45) is 0.406. The highest BCUT2D eigenvalue weighted by Crippen LogP contribution is 2.35. The van der Waals surface area contributed by atoms with Crippen LogP contribution in [0.15, 0.2) is 66.9 Å². The van der Waals surface area contributed by atoms with E-state index in [-0.39, 0.29) is 35.5 Å². The summed E-state index contributed by atoms with van der Waals surface area (Å²) < 4.78 is 29.1. The number of carboxylic acid groups (broad SMARTS) is 1. The maximum atomic E-state index is 14.3. The summed E-state index contributed by atoms with van der Waals surface area (Å²) in [5, 5.41) is 14.5. The molecule has 0 aliphatic rings. The highest BCUT2D eigenvalue weighted by molar-refractivity contribution is 5.94. The number of benzene rings is 2. The van der Waals surface area contributed by atoms with Crippen LogP contribution in [0.3, 0.4) is 0 Å². The molecule has 0 aliphatic heterocycles. The van der Waals surface area contributed by atoms with Crippen LogP contribution >= 0.6 is 0 Å². The topological polar surface area (TPSA) is 149 Å². The molecule has 0 bridgehead atoms. The second-order valence-corrected chi connectivity index (χ2v) is 8.52. The molecule has 0 saturated carbocycles. The molecule has 12 heteroatoms. The van der Waals surface area contributed by atoms with Gasteiger partial charge in [0.25, 0.3) is 5.95 Å². The van der Waals surface area contributed by atoms with E-state index in [1.54, 1.807) is 43.5 Å². The second kappa shape index (κ2) is 9.73. The van der Waals surface area contributed by atoms with Gasteiger partial charge in [0.2, 0.25) is 0 Å². The van der Waals surface area contributed by atoms with E-state index in [2.05, 4.69) is 20.1 Å². The van der Waals surface area contributed by atoms with Crippen molar-refractivity contribution in [2.24, 2.45) is 0 Å². The number of fused-ring (bicyclic) bond motifs is 1. The third-order valence-corrected chi connectivity index (χ3v) is 6.13. The molecule has 5 aromatic rings. The third-order valence-electron chi connectivity index (χ3n) is 6.13. The van der Waals surface area contributed by atoms with Crippen molar-refractivity contribution in [1.82, 2.24) is 24.7 Å². The van der Waals surface area contributed by atoms with Gasteiger partial charge in [0.15, 0.2) is 11.6 Å². The lowest BCUT2D eigenvalue weighted by atomic mass is 10.1. The highest BCUT2D eigenvalue weighted by atomic mass is 19.1. The number of rotatable bonds is 6. The molecule has 38 heavy (non-hydrogen) atoms. The number of carbonyl (C=O) groups is 1. The Morgan fingerprint density at radius 2 is 1.71 bits per heavy atom. The minimum Gasteiger partial charge on any atom is -0.465 e. The molecule has 1 amide bonds. The van der Waals surface area contributed by atoms with E-state index in [1.807, 2.05) is 0 Å². The molecule has 1 unspecified atom stereocenters. The highest BCUT2D eigenvalue weighted by Gasteiger charge is 2.29. The molecule has 0 saturated heterocycles.